The average Bonchev–Trinajstić information content (AvgIpc) is 2.86. The zero-order valence-electron chi connectivity index (χ0n) is 26.0. The highest BCUT2D eigenvalue weighted by Gasteiger charge is 2.49. The summed E-state index contributed by atoms with van der Waals surface area (Å²) in [5.41, 5.74) is 0.171. The Morgan fingerprint density at radius 2 is 1.76 bits per heavy atom. The molecule has 0 spiro atoms. The maximum atomic E-state index is 14.0. The van der Waals surface area contributed by atoms with E-state index in [9.17, 15) is 26.7 Å². The molecule has 2 rings (SSSR count). The average molecular weight is 609 g/mol. The smallest absolute Gasteiger partial charge is 0.399 e. The van der Waals surface area contributed by atoms with Gasteiger partial charge < -0.3 is 19.1 Å². The topological polar surface area (TPSA) is 51.2 Å². The van der Waals surface area contributed by atoms with Gasteiger partial charge in [0, 0.05) is 51.6 Å². The summed E-state index contributed by atoms with van der Waals surface area (Å²) in [6, 6.07) is 4.48. The van der Waals surface area contributed by atoms with E-state index in [2.05, 4.69) is 9.80 Å². The Kier molecular flexibility index (Phi) is 14.1. The van der Waals surface area contributed by atoms with E-state index >= 15 is 0 Å². The Balaban J connectivity index is 2.15. The number of nitrogens with zero attached hydrogens (tertiary/aromatic N) is 2. The van der Waals surface area contributed by atoms with Crippen molar-refractivity contribution < 1.29 is 41.0 Å². The Bertz CT molecular complexity index is 971. The van der Waals surface area contributed by atoms with Gasteiger partial charge >= 0.3 is 12.1 Å². The first-order valence-electron chi connectivity index (χ1n) is 14.7. The fraction of sp³-hybridized carbons (Fsp3) is 0.774. The van der Waals surface area contributed by atoms with Crippen molar-refractivity contribution in [1.82, 2.24) is 9.80 Å². The summed E-state index contributed by atoms with van der Waals surface area (Å²) < 4.78 is 83.1. The van der Waals surface area contributed by atoms with Crippen molar-refractivity contribution in [3.63, 3.8) is 0 Å². The van der Waals surface area contributed by atoms with Gasteiger partial charge in [-0.15, -0.1) is 0 Å². The van der Waals surface area contributed by atoms with E-state index in [-0.39, 0.29) is 23.1 Å². The number of benzene rings is 1. The molecule has 1 aliphatic rings. The Hall–Kier alpha value is -1.82. The van der Waals surface area contributed by atoms with Crippen LogP contribution in [0.1, 0.15) is 63.5 Å². The first kappa shape index (κ1) is 36.4. The normalized spacial score (nSPS) is 19.5. The number of hydrogen-bond donors (Lipinski definition) is 0. The van der Waals surface area contributed by atoms with Gasteiger partial charge in [-0.25, -0.2) is 8.78 Å². The lowest BCUT2D eigenvalue weighted by Gasteiger charge is -2.47. The molecule has 0 fully saturated rings. The maximum Gasteiger partial charge on any atom is 0.399 e. The van der Waals surface area contributed by atoms with E-state index in [1.165, 1.54) is 12.1 Å². The first-order chi connectivity index (χ1) is 19.7. The molecule has 0 aliphatic heterocycles. The number of esters is 1. The van der Waals surface area contributed by atoms with Crippen LogP contribution in [0.25, 0.3) is 0 Å². The molecule has 1 aromatic carbocycles. The number of halogens is 5. The number of hydrogen-bond acceptors (Lipinski definition) is 6. The van der Waals surface area contributed by atoms with Crippen LogP contribution in [-0.2, 0) is 25.4 Å². The number of aryl methyl sites for hydroxylation is 1. The summed E-state index contributed by atoms with van der Waals surface area (Å²) in [4.78, 5) is 16.7. The molecule has 11 heteroatoms. The molecule has 0 saturated carbocycles. The summed E-state index contributed by atoms with van der Waals surface area (Å²) in [6.07, 6.45) is -4.54. The molecule has 2 atom stereocenters. The fourth-order valence-electron chi connectivity index (χ4n) is 6.53. The highest BCUT2D eigenvalue weighted by atomic mass is 19.4. The fourth-order valence-corrected chi connectivity index (χ4v) is 6.53. The van der Waals surface area contributed by atoms with Crippen molar-refractivity contribution in [1.29, 1.82) is 0 Å². The summed E-state index contributed by atoms with van der Waals surface area (Å²) in [5, 5.41) is 0. The van der Waals surface area contributed by atoms with Gasteiger partial charge in [0.2, 0.25) is 0 Å². The summed E-state index contributed by atoms with van der Waals surface area (Å²) in [6.45, 7) is 9.10. The van der Waals surface area contributed by atoms with Crippen LogP contribution in [0.15, 0.2) is 18.2 Å². The lowest BCUT2D eigenvalue weighted by molar-refractivity contribution is -0.189. The molecule has 0 aromatic heterocycles. The van der Waals surface area contributed by atoms with E-state index in [1.54, 1.807) is 20.3 Å². The molecule has 0 N–H and O–H groups in total. The van der Waals surface area contributed by atoms with Crippen molar-refractivity contribution in [2.24, 2.45) is 11.3 Å². The second-order valence-electron chi connectivity index (χ2n) is 12.4. The number of carbonyl (C=O) groups is 1. The van der Waals surface area contributed by atoms with Gasteiger partial charge in [-0.1, -0.05) is 26.8 Å². The SMILES string of the molecule is COCC(C)(COC)CN(CCF)CCCN(C)CCC1(OC(=O)CC(F)(F)F)CCc2cc(F)ccc2C1C(C)C. The first-order valence-corrected chi connectivity index (χ1v) is 14.7. The van der Waals surface area contributed by atoms with E-state index in [0.717, 1.165) is 17.5 Å². The molecule has 0 heterocycles. The predicted octanol–water partition coefficient (Wildman–Crippen LogP) is 6.03. The summed E-state index contributed by atoms with van der Waals surface area (Å²) >= 11 is 0. The van der Waals surface area contributed by atoms with Crippen LogP contribution in [-0.4, -0.2) is 101 Å². The molecule has 6 nitrogen and oxygen atoms in total. The predicted molar refractivity (Wildman–Crippen MR) is 153 cm³/mol. The molecule has 0 amide bonds. The quantitative estimate of drug-likeness (QED) is 0.150. The van der Waals surface area contributed by atoms with Gasteiger partial charge in [-0.05, 0) is 68.6 Å². The minimum atomic E-state index is -4.67. The molecule has 0 radical (unpaired) electrons. The van der Waals surface area contributed by atoms with Gasteiger partial charge in [0.25, 0.3) is 0 Å². The van der Waals surface area contributed by atoms with E-state index < -0.39 is 30.8 Å². The van der Waals surface area contributed by atoms with Crippen LogP contribution in [0.2, 0.25) is 0 Å². The second-order valence-corrected chi connectivity index (χ2v) is 12.4. The van der Waals surface area contributed by atoms with Gasteiger partial charge in [-0.3, -0.25) is 9.69 Å². The second kappa shape index (κ2) is 16.3. The Morgan fingerprint density at radius 1 is 1.10 bits per heavy atom. The molecule has 0 bridgehead atoms. The molecule has 2 unspecified atom stereocenters. The third kappa shape index (κ3) is 11.0. The molecule has 242 valence electrons. The Labute approximate surface area is 247 Å². The number of methoxy groups -OCH3 is 2. The summed E-state index contributed by atoms with van der Waals surface area (Å²) in [7, 11) is 5.17. The van der Waals surface area contributed by atoms with Gasteiger partial charge in [0.15, 0.2) is 0 Å². The van der Waals surface area contributed by atoms with Gasteiger partial charge in [-0.2, -0.15) is 13.2 Å². The molecule has 1 aliphatic carbocycles. The highest BCUT2D eigenvalue weighted by molar-refractivity contribution is 5.71. The molecule has 1 aromatic rings. The van der Waals surface area contributed by atoms with Crippen molar-refractivity contribution in [3.8, 4) is 0 Å². The molecular weight excluding hydrogens is 559 g/mol. The molecule has 42 heavy (non-hydrogen) atoms. The van der Waals surface area contributed by atoms with Crippen molar-refractivity contribution in [2.45, 2.75) is 70.6 Å². The lowest BCUT2D eigenvalue weighted by atomic mass is 9.65. The summed E-state index contributed by atoms with van der Waals surface area (Å²) in [5.74, 6) is -2.12. The highest BCUT2D eigenvalue weighted by Crippen LogP contribution is 2.48. The number of ether oxygens (including phenoxy) is 3. The number of alkyl halides is 4. The number of fused-ring (bicyclic) bond motifs is 1. The third-order valence-electron chi connectivity index (χ3n) is 8.08. The minimum Gasteiger partial charge on any atom is -0.458 e. The van der Waals surface area contributed by atoms with Crippen LogP contribution in [0, 0.1) is 17.2 Å². The monoisotopic (exact) mass is 608 g/mol. The Morgan fingerprint density at radius 3 is 2.33 bits per heavy atom. The number of rotatable bonds is 18. The van der Waals surface area contributed by atoms with Crippen molar-refractivity contribution in [3.05, 3.63) is 35.1 Å². The van der Waals surface area contributed by atoms with Crippen molar-refractivity contribution >= 4 is 5.97 Å². The zero-order valence-corrected chi connectivity index (χ0v) is 26.0. The van der Waals surface area contributed by atoms with Crippen LogP contribution in [0.3, 0.4) is 0 Å². The van der Waals surface area contributed by atoms with E-state index in [1.807, 2.05) is 27.8 Å². The van der Waals surface area contributed by atoms with Crippen LogP contribution >= 0.6 is 0 Å². The minimum absolute atomic E-state index is 0.0683. The zero-order chi connectivity index (χ0) is 31.6. The third-order valence-corrected chi connectivity index (χ3v) is 8.08. The molecule has 0 saturated heterocycles. The van der Waals surface area contributed by atoms with Crippen molar-refractivity contribution in [2.75, 3.05) is 73.9 Å². The van der Waals surface area contributed by atoms with Gasteiger partial charge in [0.1, 0.15) is 24.5 Å². The van der Waals surface area contributed by atoms with Crippen LogP contribution in [0.4, 0.5) is 22.0 Å². The lowest BCUT2D eigenvalue weighted by Crippen LogP contribution is -2.49. The largest absolute Gasteiger partial charge is 0.458 e. The standard InChI is InChI=1S/C31H49F5N2O4/c1-23(2)28-26-9-8-25(33)18-24(26)10-11-30(28,42-27(39)19-31(34,35)36)12-16-37(4)14-7-15-38(17-13-32)20-29(3,21-40-5)22-41-6/h8-9,18,23,28H,7,10-17,19-22H2,1-6H3. The maximum absolute atomic E-state index is 14.0. The van der Waals surface area contributed by atoms with E-state index in [0.29, 0.717) is 65.2 Å². The van der Waals surface area contributed by atoms with E-state index in [4.69, 9.17) is 14.2 Å². The molecular formula is C31H49F5N2O4. The van der Waals surface area contributed by atoms with Crippen LogP contribution in [0.5, 0.6) is 0 Å². The van der Waals surface area contributed by atoms with Crippen LogP contribution < -0.4 is 0 Å². The van der Waals surface area contributed by atoms with Gasteiger partial charge in [0.05, 0.1) is 13.2 Å². The number of carbonyl (C=O) groups excluding carboxylic acids is 1.